The molecule has 4 heteroatoms. The average molecular weight is 299 g/mol. The molecule has 0 fully saturated rings. The molecule has 4 rings (SSSR count). The van der Waals surface area contributed by atoms with Crippen molar-refractivity contribution in [1.29, 1.82) is 5.26 Å². The Morgan fingerprint density at radius 1 is 1.00 bits per heavy atom. The van der Waals surface area contributed by atoms with Gasteiger partial charge in [-0.1, -0.05) is 48.5 Å². The van der Waals surface area contributed by atoms with Gasteiger partial charge in [0.1, 0.15) is 17.0 Å². The predicted molar refractivity (Wildman–Crippen MR) is 88.1 cm³/mol. The first kappa shape index (κ1) is 13.4. The fraction of sp³-hybridized carbons (Fsp3) is 0.0526. The molecular weight excluding hydrogens is 286 g/mol. The quantitative estimate of drug-likeness (QED) is 0.565. The second-order valence-electron chi connectivity index (χ2n) is 5.22. The fourth-order valence-electron chi connectivity index (χ4n) is 2.67. The van der Waals surface area contributed by atoms with E-state index < -0.39 is 0 Å². The van der Waals surface area contributed by atoms with E-state index in [0.717, 1.165) is 22.5 Å². The zero-order valence-corrected chi connectivity index (χ0v) is 12.3. The molecule has 0 aliphatic heterocycles. The maximum Gasteiger partial charge on any atom is 0.180 e. The van der Waals surface area contributed by atoms with Gasteiger partial charge in [0, 0.05) is 11.6 Å². The van der Waals surface area contributed by atoms with Gasteiger partial charge in [0.05, 0.1) is 18.2 Å². The number of hydrogen-bond acceptors (Lipinski definition) is 3. The molecule has 0 radical (unpaired) electrons. The fourth-order valence-corrected chi connectivity index (χ4v) is 2.67. The number of rotatable bonds is 3. The lowest BCUT2D eigenvalue weighted by Crippen LogP contribution is -1.95. The van der Waals surface area contributed by atoms with Crippen LogP contribution in [-0.2, 0) is 6.42 Å². The minimum absolute atomic E-state index is 0.248. The third kappa shape index (κ3) is 2.29. The van der Waals surface area contributed by atoms with Crippen LogP contribution in [0.25, 0.3) is 28.0 Å². The maximum absolute atomic E-state index is 8.92. The highest BCUT2D eigenvalue weighted by atomic mass is 16.3. The number of hydrogen-bond donors (Lipinski definition) is 0. The number of aromatic nitrogens is 2. The third-order valence-corrected chi connectivity index (χ3v) is 3.71. The summed E-state index contributed by atoms with van der Waals surface area (Å²) in [4.78, 5) is 0. The van der Waals surface area contributed by atoms with Gasteiger partial charge in [-0.05, 0) is 12.1 Å². The smallest absolute Gasteiger partial charge is 0.180 e. The summed E-state index contributed by atoms with van der Waals surface area (Å²) in [6, 6.07) is 23.9. The Morgan fingerprint density at radius 2 is 1.70 bits per heavy atom. The van der Waals surface area contributed by atoms with Gasteiger partial charge >= 0.3 is 0 Å². The Kier molecular flexibility index (Phi) is 3.17. The van der Waals surface area contributed by atoms with Gasteiger partial charge in [-0.15, -0.1) is 0 Å². The molecular formula is C19H13N3O. The molecule has 0 spiro atoms. The van der Waals surface area contributed by atoms with Crippen LogP contribution in [0.4, 0.5) is 0 Å². The monoisotopic (exact) mass is 299 g/mol. The van der Waals surface area contributed by atoms with Crippen molar-refractivity contribution >= 4 is 11.1 Å². The van der Waals surface area contributed by atoms with E-state index >= 15 is 0 Å². The Morgan fingerprint density at radius 3 is 2.39 bits per heavy atom. The lowest BCUT2D eigenvalue weighted by atomic mass is 10.1. The zero-order valence-electron chi connectivity index (χ0n) is 12.3. The molecule has 0 amide bonds. The largest absolute Gasteiger partial charge is 0.456 e. The molecule has 2 heterocycles. The molecule has 0 saturated heterocycles. The normalized spacial score (nSPS) is 10.7. The van der Waals surface area contributed by atoms with Crippen LogP contribution in [0.1, 0.15) is 5.76 Å². The standard InChI is InChI=1S/C19H13N3O/c20-12-11-16-13-17-19(23-16)18(14-7-3-1-4-8-14)21-22(17)15-9-5-2-6-10-15/h1-10,13H,11H2. The first-order chi connectivity index (χ1) is 11.4. The molecule has 0 atom stereocenters. The second kappa shape index (κ2) is 5.47. The third-order valence-electron chi connectivity index (χ3n) is 3.71. The number of nitrogens with zero attached hydrogens (tertiary/aromatic N) is 3. The summed E-state index contributed by atoms with van der Waals surface area (Å²) in [6.07, 6.45) is 0.248. The molecule has 23 heavy (non-hydrogen) atoms. The SMILES string of the molecule is N#CCc1cc2c(o1)c(-c1ccccc1)nn2-c1ccccc1. The van der Waals surface area contributed by atoms with Gasteiger partial charge in [0.15, 0.2) is 5.58 Å². The Bertz CT molecular complexity index is 920. The van der Waals surface area contributed by atoms with E-state index in [4.69, 9.17) is 14.8 Å². The zero-order chi connectivity index (χ0) is 15.6. The molecule has 0 unspecified atom stereocenters. The Labute approximate surface area is 133 Å². The van der Waals surface area contributed by atoms with Crippen molar-refractivity contribution in [1.82, 2.24) is 9.78 Å². The molecule has 0 bridgehead atoms. The summed E-state index contributed by atoms with van der Waals surface area (Å²) in [5.74, 6) is 0.654. The van der Waals surface area contributed by atoms with Crippen LogP contribution in [0.2, 0.25) is 0 Å². The first-order valence-electron chi connectivity index (χ1n) is 7.36. The van der Waals surface area contributed by atoms with E-state index in [0.29, 0.717) is 11.3 Å². The molecule has 0 aliphatic carbocycles. The lowest BCUT2D eigenvalue weighted by molar-refractivity contribution is 0.567. The number of nitriles is 1. The molecule has 0 saturated carbocycles. The van der Waals surface area contributed by atoms with Crippen LogP contribution in [0.5, 0.6) is 0 Å². The minimum atomic E-state index is 0.248. The van der Waals surface area contributed by atoms with Crippen molar-refractivity contribution in [3.05, 3.63) is 72.5 Å². The second-order valence-corrected chi connectivity index (χ2v) is 5.22. The van der Waals surface area contributed by atoms with Crippen molar-refractivity contribution in [2.75, 3.05) is 0 Å². The number of fused-ring (bicyclic) bond motifs is 1. The van der Waals surface area contributed by atoms with E-state index in [1.807, 2.05) is 71.4 Å². The van der Waals surface area contributed by atoms with Gasteiger partial charge < -0.3 is 4.42 Å². The highest BCUT2D eigenvalue weighted by molar-refractivity contribution is 5.90. The van der Waals surface area contributed by atoms with E-state index in [2.05, 4.69) is 6.07 Å². The molecule has 2 aromatic carbocycles. The average Bonchev–Trinajstić information content (AvgIpc) is 3.15. The topological polar surface area (TPSA) is 54.8 Å². The van der Waals surface area contributed by atoms with Gasteiger partial charge in [0.2, 0.25) is 0 Å². The van der Waals surface area contributed by atoms with Crippen LogP contribution in [0.3, 0.4) is 0 Å². The molecule has 0 aliphatic rings. The number of benzene rings is 2. The van der Waals surface area contributed by atoms with E-state index in [1.165, 1.54) is 0 Å². The Balaban J connectivity index is 1.98. The molecule has 4 nitrogen and oxygen atoms in total. The van der Waals surface area contributed by atoms with Crippen LogP contribution >= 0.6 is 0 Å². The van der Waals surface area contributed by atoms with Crippen molar-refractivity contribution in [3.8, 4) is 23.0 Å². The van der Waals surface area contributed by atoms with E-state index in [1.54, 1.807) is 0 Å². The Hall–Kier alpha value is -3.32. The van der Waals surface area contributed by atoms with Crippen molar-refractivity contribution < 1.29 is 4.42 Å². The van der Waals surface area contributed by atoms with Crippen LogP contribution in [-0.4, -0.2) is 9.78 Å². The molecule has 110 valence electrons. The summed E-state index contributed by atoms with van der Waals surface area (Å²) in [5.41, 5.74) is 4.33. The van der Waals surface area contributed by atoms with Gasteiger partial charge in [-0.2, -0.15) is 10.4 Å². The molecule has 2 aromatic heterocycles. The summed E-state index contributed by atoms with van der Waals surface area (Å²) < 4.78 is 7.75. The number of para-hydroxylation sites is 1. The van der Waals surface area contributed by atoms with E-state index in [9.17, 15) is 0 Å². The van der Waals surface area contributed by atoms with Crippen molar-refractivity contribution in [2.24, 2.45) is 0 Å². The summed E-state index contributed by atoms with van der Waals surface area (Å²) in [5, 5.41) is 13.7. The lowest BCUT2D eigenvalue weighted by Gasteiger charge is -2.01. The van der Waals surface area contributed by atoms with E-state index in [-0.39, 0.29) is 6.42 Å². The van der Waals surface area contributed by atoms with Crippen LogP contribution in [0, 0.1) is 11.3 Å². The van der Waals surface area contributed by atoms with Crippen molar-refractivity contribution in [2.45, 2.75) is 6.42 Å². The van der Waals surface area contributed by atoms with Gasteiger partial charge in [-0.25, -0.2) is 4.68 Å². The highest BCUT2D eigenvalue weighted by Crippen LogP contribution is 2.32. The van der Waals surface area contributed by atoms with Gasteiger partial charge in [-0.3, -0.25) is 0 Å². The predicted octanol–water partition coefficient (Wildman–Crippen LogP) is 4.35. The highest BCUT2D eigenvalue weighted by Gasteiger charge is 2.18. The maximum atomic E-state index is 8.92. The molecule has 4 aromatic rings. The first-order valence-corrected chi connectivity index (χ1v) is 7.36. The number of furan rings is 1. The van der Waals surface area contributed by atoms with Crippen molar-refractivity contribution in [3.63, 3.8) is 0 Å². The molecule has 0 N–H and O–H groups in total. The summed E-state index contributed by atoms with van der Waals surface area (Å²) in [6.45, 7) is 0. The van der Waals surface area contributed by atoms with Crippen LogP contribution in [0.15, 0.2) is 71.1 Å². The van der Waals surface area contributed by atoms with Gasteiger partial charge in [0.25, 0.3) is 0 Å². The minimum Gasteiger partial charge on any atom is -0.456 e. The van der Waals surface area contributed by atoms with Crippen LogP contribution < -0.4 is 0 Å². The summed E-state index contributed by atoms with van der Waals surface area (Å²) >= 11 is 0. The summed E-state index contributed by atoms with van der Waals surface area (Å²) in [7, 11) is 0.